The van der Waals surface area contributed by atoms with Crippen molar-refractivity contribution >= 4 is 5.82 Å². The fourth-order valence-corrected chi connectivity index (χ4v) is 3.70. The topological polar surface area (TPSA) is 88.8 Å². The largest absolute Gasteiger partial charge is 0.434 e. The van der Waals surface area contributed by atoms with Crippen LogP contribution in [0, 0.1) is 0 Å². The summed E-state index contributed by atoms with van der Waals surface area (Å²) in [7, 11) is 1.53. The fourth-order valence-electron chi connectivity index (χ4n) is 3.70. The Morgan fingerprint density at radius 1 is 1.06 bits per heavy atom. The number of aliphatic hydroxyl groups is 1. The van der Waals surface area contributed by atoms with E-state index < -0.39 is 11.9 Å². The van der Waals surface area contributed by atoms with Crippen molar-refractivity contribution < 1.29 is 18.3 Å². The van der Waals surface area contributed by atoms with Crippen LogP contribution in [0.5, 0.6) is 0 Å². The van der Waals surface area contributed by atoms with Gasteiger partial charge in [-0.15, -0.1) is 0 Å². The van der Waals surface area contributed by atoms with Crippen LogP contribution in [0.25, 0.3) is 22.8 Å². The second kappa shape index (κ2) is 9.83. The lowest BCUT2D eigenvalue weighted by atomic mass is 10.0. The number of aryl methyl sites for hydroxylation is 1. The highest BCUT2D eigenvalue weighted by molar-refractivity contribution is 5.62. The first kappa shape index (κ1) is 24.3. The van der Waals surface area contributed by atoms with E-state index in [0.717, 1.165) is 23.0 Å². The summed E-state index contributed by atoms with van der Waals surface area (Å²) in [6, 6.07) is 10.8. The summed E-state index contributed by atoms with van der Waals surface area (Å²) < 4.78 is 40.3. The van der Waals surface area contributed by atoms with Gasteiger partial charge < -0.3 is 15.0 Å². The standard InChI is InChI=1S/C25H25F3N6O/c1-15(2)21-19(5-4-10-29-21)23-31-12-18(14-35)22(33-23)30-11-16-6-8-17(9-7-16)24-32-20(13-34(24)3)25(26,27)28/h4-10,12-13,15,35H,11,14H2,1-3H3,(H,30,31,33). The quantitative estimate of drug-likeness (QED) is 0.377. The zero-order valence-corrected chi connectivity index (χ0v) is 19.5. The zero-order chi connectivity index (χ0) is 25.2. The molecule has 0 aliphatic heterocycles. The Morgan fingerprint density at radius 2 is 1.80 bits per heavy atom. The number of nitrogens with zero attached hydrogens (tertiary/aromatic N) is 5. The minimum atomic E-state index is -4.49. The lowest BCUT2D eigenvalue weighted by Gasteiger charge is -2.14. The molecule has 0 aliphatic carbocycles. The van der Waals surface area contributed by atoms with Crippen molar-refractivity contribution in [2.45, 2.75) is 39.1 Å². The number of hydrogen-bond donors (Lipinski definition) is 2. The number of imidazole rings is 1. The van der Waals surface area contributed by atoms with Crippen LogP contribution in [-0.4, -0.2) is 29.6 Å². The van der Waals surface area contributed by atoms with E-state index in [0.29, 0.717) is 29.3 Å². The number of hydrogen-bond acceptors (Lipinski definition) is 6. The minimum Gasteiger partial charge on any atom is -0.391 e. The van der Waals surface area contributed by atoms with E-state index in [1.807, 2.05) is 38.1 Å². The van der Waals surface area contributed by atoms with Crippen molar-refractivity contribution in [3.05, 3.63) is 77.5 Å². The Bertz CT molecular complexity index is 1320. The van der Waals surface area contributed by atoms with Crippen LogP contribution < -0.4 is 5.32 Å². The molecule has 2 N–H and O–H groups in total. The molecule has 0 atom stereocenters. The van der Waals surface area contributed by atoms with Crippen molar-refractivity contribution in [1.29, 1.82) is 0 Å². The van der Waals surface area contributed by atoms with Gasteiger partial charge in [0.25, 0.3) is 0 Å². The third kappa shape index (κ3) is 5.32. The van der Waals surface area contributed by atoms with Gasteiger partial charge in [-0.25, -0.2) is 15.0 Å². The van der Waals surface area contributed by atoms with Crippen LogP contribution in [0.3, 0.4) is 0 Å². The zero-order valence-electron chi connectivity index (χ0n) is 19.5. The molecule has 0 unspecified atom stereocenters. The molecule has 0 saturated carbocycles. The van der Waals surface area contributed by atoms with E-state index in [-0.39, 0.29) is 18.3 Å². The fraction of sp³-hybridized carbons (Fsp3) is 0.280. The molecule has 0 aliphatic rings. The molecule has 0 fully saturated rings. The number of rotatable bonds is 7. The maximum atomic E-state index is 13.0. The van der Waals surface area contributed by atoms with Gasteiger partial charge in [-0.1, -0.05) is 38.1 Å². The SMILES string of the molecule is CC(C)c1ncccc1-c1ncc(CO)c(NCc2ccc(-c3nc(C(F)(F)F)cn3C)cc2)n1. The highest BCUT2D eigenvalue weighted by atomic mass is 19.4. The number of alkyl halides is 3. The highest BCUT2D eigenvalue weighted by Gasteiger charge is 2.34. The maximum absolute atomic E-state index is 13.0. The van der Waals surface area contributed by atoms with Gasteiger partial charge in [0, 0.05) is 48.9 Å². The van der Waals surface area contributed by atoms with Crippen molar-refractivity contribution in [3.8, 4) is 22.8 Å². The molecule has 182 valence electrons. The van der Waals surface area contributed by atoms with Crippen LogP contribution in [0.1, 0.15) is 42.3 Å². The molecule has 7 nitrogen and oxygen atoms in total. The van der Waals surface area contributed by atoms with Crippen molar-refractivity contribution in [2.24, 2.45) is 7.05 Å². The second-order valence-electron chi connectivity index (χ2n) is 8.43. The van der Waals surface area contributed by atoms with E-state index in [1.54, 1.807) is 24.5 Å². The minimum absolute atomic E-state index is 0.188. The Balaban J connectivity index is 1.54. The molecule has 4 rings (SSSR count). The maximum Gasteiger partial charge on any atom is 0.434 e. The Morgan fingerprint density at radius 3 is 2.43 bits per heavy atom. The number of pyridine rings is 1. The van der Waals surface area contributed by atoms with Gasteiger partial charge in [-0.3, -0.25) is 4.98 Å². The van der Waals surface area contributed by atoms with Crippen molar-refractivity contribution in [3.63, 3.8) is 0 Å². The molecule has 3 heterocycles. The normalized spacial score (nSPS) is 11.8. The van der Waals surface area contributed by atoms with Gasteiger partial charge in [0.2, 0.25) is 0 Å². The van der Waals surface area contributed by atoms with Crippen LogP contribution in [0.4, 0.5) is 19.0 Å². The third-order valence-corrected chi connectivity index (χ3v) is 5.50. The van der Waals surface area contributed by atoms with Gasteiger partial charge in [0.15, 0.2) is 11.5 Å². The summed E-state index contributed by atoms with van der Waals surface area (Å²) in [4.78, 5) is 17.2. The Hall–Kier alpha value is -3.79. The van der Waals surface area contributed by atoms with Crippen LogP contribution in [-0.2, 0) is 26.4 Å². The van der Waals surface area contributed by atoms with Gasteiger partial charge in [0.05, 0.1) is 12.3 Å². The van der Waals surface area contributed by atoms with Crippen molar-refractivity contribution in [1.82, 2.24) is 24.5 Å². The molecule has 35 heavy (non-hydrogen) atoms. The number of halogens is 3. The molecule has 0 amide bonds. The number of aromatic nitrogens is 5. The van der Waals surface area contributed by atoms with Crippen LogP contribution >= 0.6 is 0 Å². The number of anilines is 1. The Kier molecular flexibility index (Phi) is 6.83. The number of nitrogens with one attached hydrogen (secondary N) is 1. The summed E-state index contributed by atoms with van der Waals surface area (Å²) in [6.07, 6.45) is -0.198. The highest BCUT2D eigenvalue weighted by Crippen LogP contribution is 2.31. The van der Waals surface area contributed by atoms with E-state index in [9.17, 15) is 18.3 Å². The second-order valence-corrected chi connectivity index (χ2v) is 8.43. The predicted octanol–water partition coefficient (Wildman–Crippen LogP) is 5.19. The monoisotopic (exact) mass is 482 g/mol. The van der Waals surface area contributed by atoms with Crippen molar-refractivity contribution in [2.75, 3.05) is 5.32 Å². The predicted molar refractivity (Wildman–Crippen MR) is 126 cm³/mol. The molecule has 0 radical (unpaired) electrons. The number of aliphatic hydroxyl groups excluding tert-OH is 1. The molecule has 10 heteroatoms. The third-order valence-electron chi connectivity index (χ3n) is 5.50. The summed E-state index contributed by atoms with van der Waals surface area (Å²) in [5.74, 6) is 1.43. The average Bonchev–Trinajstić information content (AvgIpc) is 3.25. The summed E-state index contributed by atoms with van der Waals surface area (Å²) in [6.45, 7) is 4.26. The van der Waals surface area contributed by atoms with Gasteiger partial charge in [0.1, 0.15) is 11.6 Å². The molecule has 4 aromatic rings. The van der Waals surface area contributed by atoms with E-state index in [4.69, 9.17) is 0 Å². The summed E-state index contributed by atoms with van der Waals surface area (Å²) in [5.41, 5.74) is 2.79. The Labute approximate surface area is 200 Å². The molecule has 0 bridgehead atoms. The van der Waals surface area contributed by atoms with Gasteiger partial charge in [-0.2, -0.15) is 13.2 Å². The van der Waals surface area contributed by atoms with E-state index in [1.165, 1.54) is 11.6 Å². The van der Waals surface area contributed by atoms with Gasteiger partial charge in [-0.05, 0) is 23.6 Å². The van der Waals surface area contributed by atoms with Crippen LogP contribution in [0.15, 0.2) is 55.0 Å². The molecule has 0 spiro atoms. The molecule has 0 saturated heterocycles. The van der Waals surface area contributed by atoms with Gasteiger partial charge >= 0.3 is 6.18 Å². The molecular formula is C25H25F3N6O. The molecular weight excluding hydrogens is 457 g/mol. The van der Waals surface area contributed by atoms with E-state index >= 15 is 0 Å². The lowest BCUT2D eigenvalue weighted by molar-refractivity contribution is -0.140. The first-order chi connectivity index (χ1) is 16.7. The molecule has 1 aromatic carbocycles. The van der Waals surface area contributed by atoms with Crippen LogP contribution in [0.2, 0.25) is 0 Å². The summed E-state index contributed by atoms with van der Waals surface area (Å²) >= 11 is 0. The first-order valence-corrected chi connectivity index (χ1v) is 11.0. The average molecular weight is 483 g/mol. The molecule has 3 aromatic heterocycles. The number of benzene rings is 1. The smallest absolute Gasteiger partial charge is 0.391 e. The van der Waals surface area contributed by atoms with E-state index in [2.05, 4.69) is 25.3 Å². The summed E-state index contributed by atoms with van der Waals surface area (Å²) in [5, 5.41) is 13.0. The first-order valence-electron chi connectivity index (χ1n) is 11.0. The lowest BCUT2D eigenvalue weighted by Crippen LogP contribution is -2.08.